The van der Waals surface area contributed by atoms with Crippen LogP contribution >= 0.6 is 11.8 Å². The van der Waals surface area contributed by atoms with E-state index >= 15 is 0 Å². The fourth-order valence-corrected chi connectivity index (χ4v) is 5.60. The molecule has 5 rings (SSSR count). The Balaban J connectivity index is 1.31. The average molecular weight is 524 g/mol. The second-order valence-electron chi connectivity index (χ2n) is 9.69. The molecule has 0 aliphatic heterocycles. The highest BCUT2D eigenvalue weighted by Gasteiger charge is 2.21. The van der Waals surface area contributed by atoms with Crippen molar-refractivity contribution in [1.82, 2.24) is 20.3 Å². The number of aromatic nitrogens is 3. The van der Waals surface area contributed by atoms with E-state index in [1.807, 2.05) is 54.6 Å². The molecule has 0 bridgehead atoms. The van der Waals surface area contributed by atoms with Gasteiger partial charge in [0.1, 0.15) is 5.82 Å². The smallest absolute Gasteiger partial charge is 0.251 e. The molecule has 4 aromatic rings. The molecular weight excluding hydrogens is 490 g/mol. The van der Waals surface area contributed by atoms with Gasteiger partial charge < -0.3 is 10.2 Å². The summed E-state index contributed by atoms with van der Waals surface area (Å²) in [6, 6.07) is 24.5. The number of rotatable bonds is 9. The van der Waals surface area contributed by atoms with Crippen LogP contribution < -0.4 is 10.2 Å². The van der Waals surface area contributed by atoms with Gasteiger partial charge in [0, 0.05) is 55.0 Å². The molecular formula is C31H33N5OS. The number of nitrogens with one attached hydrogen (secondary N) is 1. The average Bonchev–Trinajstić information content (AvgIpc) is 3.00. The zero-order valence-electron chi connectivity index (χ0n) is 21.7. The first-order chi connectivity index (χ1) is 18.7. The third kappa shape index (κ3) is 6.78. The molecule has 1 fully saturated rings. The number of carbonyl (C=O) groups is 1. The van der Waals surface area contributed by atoms with E-state index in [1.165, 1.54) is 32.1 Å². The fourth-order valence-electron chi connectivity index (χ4n) is 4.81. The van der Waals surface area contributed by atoms with Crippen molar-refractivity contribution in [2.24, 2.45) is 0 Å². The third-order valence-corrected chi connectivity index (χ3v) is 7.92. The van der Waals surface area contributed by atoms with Crippen molar-refractivity contribution in [2.45, 2.75) is 55.6 Å². The lowest BCUT2D eigenvalue weighted by Crippen LogP contribution is -2.34. The van der Waals surface area contributed by atoms with Crippen LogP contribution in [-0.4, -0.2) is 33.9 Å². The Morgan fingerprint density at radius 1 is 0.921 bits per heavy atom. The Kier molecular flexibility index (Phi) is 8.66. The Bertz CT molecular complexity index is 1340. The number of nitrogens with zero attached hydrogens (tertiary/aromatic N) is 4. The molecule has 2 heterocycles. The molecule has 0 spiro atoms. The number of hydrogen-bond acceptors (Lipinski definition) is 6. The zero-order chi connectivity index (χ0) is 26.2. The standard InChI is InChI=1S/C31H33N5OS/c1-36(27-13-6-3-7-14-27)29-20-28(25-10-4-2-5-11-25)34-31(35-29)38-22-24-9-8-12-26(19-24)30(37)33-21-23-15-17-32-18-16-23/h2,4-5,8-12,15-20,27H,3,6-7,13-14,21-22H2,1H3,(H,33,37). The van der Waals surface area contributed by atoms with E-state index in [0.717, 1.165) is 33.4 Å². The monoisotopic (exact) mass is 523 g/mol. The van der Waals surface area contributed by atoms with Gasteiger partial charge in [0.15, 0.2) is 5.16 Å². The Labute approximate surface area is 228 Å². The second-order valence-corrected chi connectivity index (χ2v) is 10.6. The fraction of sp³-hybridized carbons (Fsp3) is 0.290. The highest BCUT2D eigenvalue weighted by Crippen LogP contribution is 2.30. The Hall–Kier alpha value is -3.71. The van der Waals surface area contributed by atoms with Crippen molar-refractivity contribution in [2.75, 3.05) is 11.9 Å². The van der Waals surface area contributed by atoms with Crippen LogP contribution in [0, 0.1) is 0 Å². The van der Waals surface area contributed by atoms with Gasteiger partial charge in [-0.15, -0.1) is 0 Å². The predicted octanol–water partition coefficient (Wildman–Crippen LogP) is 6.53. The molecule has 1 N–H and O–H groups in total. The van der Waals surface area contributed by atoms with Crippen LogP contribution in [0.1, 0.15) is 53.6 Å². The second kappa shape index (κ2) is 12.7. The summed E-state index contributed by atoms with van der Waals surface area (Å²) in [6.45, 7) is 0.470. The van der Waals surface area contributed by atoms with E-state index in [4.69, 9.17) is 9.97 Å². The number of hydrogen-bond donors (Lipinski definition) is 1. The van der Waals surface area contributed by atoms with Crippen LogP contribution in [0.4, 0.5) is 5.82 Å². The van der Waals surface area contributed by atoms with Crippen molar-refractivity contribution >= 4 is 23.5 Å². The molecule has 0 unspecified atom stereocenters. The largest absolute Gasteiger partial charge is 0.357 e. The van der Waals surface area contributed by atoms with Gasteiger partial charge in [-0.05, 0) is 48.2 Å². The predicted molar refractivity (Wildman–Crippen MR) is 154 cm³/mol. The maximum Gasteiger partial charge on any atom is 0.251 e. The quantitative estimate of drug-likeness (QED) is 0.199. The lowest BCUT2D eigenvalue weighted by atomic mass is 9.94. The van der Waals surface area contributed by atoms with Gasteiger partial charge in [0.2, 0.25) is 0 Å². The molecule has 6 nitrogen and oxygen atoms in total. The van der Waals surface area contributed by atoms with Crippen LogP contribution in [0.25, 0.3) is 11.3 Å². The maximum absolute atomic E-state index is 12.8. The van der Waals surface area contributed by atoms with Crippen molar-refractivity contribution < 1.29 is 4.79 Å². The molecule has 1 aliphatic carbocycles. The Morgan fingerprint density at radius 3 is 2.50 bits per heavy atom. The molecule has 0 saturated heterocycles. The normalized spacial score (nSPS) is 13.7. The van der Waals surface area contributed by atoms with E-state index in [-0.39, 0.29) is 5.91 Å². The zero-order valence-corrected chi connectivity index (χ0v) is 22.5. The van der Waals surface area contributed by atoms with Gasteiger partial charge in [-0.25, -0.2) is 9.97 Å². The number of amides is 1. The maximum atomic E-state index is 12.8. The van der Waals surface area contributed by atoms with E-state index < -0.39 is 0 Å². The Morgan fingerprint density at radius 2 is 1.71 bits per heavy atom. The molecule has 194 valence electrons. The van der Waals surface area contributed by atoms with E-state index in [2.05, 4.69) is 40.4 Å². The van der Waals surface area contributed by atoms with Crippen molar-refractivity contribution in [3.63, 3.8) is 0 Å². The van der Waals surface area contributed by atoms with Gasteiger partial charge in [-0.1, -0.05) is 73.5 Å². The summed E-state index contributed by atoms with van der Waals surface area (Å²) in [5.41, 5.74) is 4.74. The minimum atomic E-state index is -0.0904. The van der Waals surface area contributed by atoms with Crippen LogP contribution in [0.5, 0.6) is 0 Å². The van der Waals surface area contributed by atoms with Crippen LogP contribution in [0.15, 0.2) is 90.3 Å². The van der Waals surface area contributed by atoms with E-state index in [1.54, 1.807) is 24.2 Å². The number of anilines is 1. The van der Waals surface area contributed by atoms with Gasteiger partial charge in [0.05, 0.1) is 5.69 Å². The summed E-state index contributed by atoms with van der Waals surface area (Å²) < 4.78 is 0. The highest BCUT2D eigenvalue weighted by atomic mass is 32.2. The van der Waals surface area contributed by atoms with Crippen LogP contribution in [-0.2, 0) is 12.3 Å². The van der Waals surface area contributed by atoms with Crippen molar-refractivity contribution in [3.8, 4) is 11.3 Å². The number of carbonyl (C=O) groups excluding carboxylic acids is 1. The number of pyridine rings is 1. The number of thioether (sulfide) groups is 1. The summed E-state index contributed by atoms with van der Waals surface area (Å²) in [4.78, 5) is 29.0. The minimum absolute atomic E-state index is 0.0904. The molecule has 1 amide bonds. The van der Waals surface area contributed by atoms with Crippen LogP contribution in [0.2, 0.25) is 0 Å². The van der Waals surface area contributed by atoms with E-state index in [9.17, 15) is 4.79 Å². The minimum Gasteiger partial charge on any atom is -0.357 e. The molecule has 2 aromatic carbocycles. The van der Waals surface area contributed by atoms with Gasteiger partial charge >= 0.3 is 0 Å². The van der Waals surface area contributed by atoms with Gasteiger partial charge in [0.25, 0.3) is 5.91 Å². The van der Waals surface area contributed by atoms with Gasteiger partial charge in [-0.3, -0.25) is 9.78 Å². The SMILES string of the molecule is CN(c1cc(-c2ccccc2)nc(SCc2cccc(C(=O)NCc3ccncc3)c2)n1)C1CCCCC1. The van der Waals surface area contributed by atoms with E-state index in [0.29, 0.717) is 23.9 Å². The molecule has 1 aliphatic rings. The molecule has 0 atom stereocenters. The first kappa shape index (κ1) is 25.9. The number of benzene rings is 2. The molecule has 1 saturated carbocycles. The van der Waals surface area contributed by atoms with Gasteiger partial charge in [-0.2, -0.15) is 0 Å². The first-order valence-electron chi connectivity index (χ1n) is 13.2. The summed E-state index contributed by atoms with van der Waals surface area (Å²) >= 11 is 1.60. The third-order valence-electron chi connectivity index (χ3n) is 7.00. The van der Waals surface area contributed by atoms with Crippen molar-refractivity contribution in [1.29, 1.82) is 0 Å². The molecule has 2 aromatic heterocycles. The lowest BCUT2D eigenvalue weighted by Gasteiger charge is -2.32. The summed E-state index contributed by atoms with van der Waals surface area (Å²) in [5, 5.41) is 3.74. The molecule has 7 heteroatoms. The summed E-state index contributed by atoms with van der Waals surface area (Å²) in [6.07, 6.45) is 9.75. The summed E-state index contributed by atoms with van der Waals surface area (Å²) in [5.74, 6) is 1.56. The lowest BCUT2D eigenvalue weighted by molar-refractivity contribution is 0.0951. The highest BCUT2D eigenvalue weighted by molar-refractivity contribution is 7.98. The molecule has 0 radical (unpaired) electrons. The molecule has 38 heavy (non-hydrogen) atoms. The summed E-state index contributed by atoms with van der Waals surface area (Å²) in [7, 11) is 2.16. The topological polar surface area (TPSA) is 71.0 Å². The van der Waals surface area contributed by atoms with Crippen molar-refractivity contribution in [3.05, 3.63) is 102 Å². The first-order valence-corrected chi connectivity index (χ1v) is 14.2. The van der Waals surface area contributed by atoms with Crippen LogP contribution in [0.3, 0.4) is 0 Å².